The van der Waals surface area contributed by atoms with Crippen LogP contribution in [0.5, 0.6) is 0 Å². The maximum atomic E-state index is 3.78. The van der Waals surface area contributed by atoms with Gasteiger partial charge < -0.3 is 0 Å². The molecule has 0 bridgehead atoms. The Morgan fingerprint density at radius 3 is 2.85 bits per heavy atom. The number of benzene rings is 1. The summed E-state index contributed by atoms with van der Waals surface area (Å²) >= 11 is 0. The normalized spacial score (nSPS) is 18.2. The van der Waals surface area contributed by atoms with E-state index in [1.54, 1.807) is 0 Å². The fourth-order valence-corrected chi connectivity index (χ4v) is 1.60. The van der Waals surface area contributed by atoms with Crippen LogP contribution in [0.25, 0.3) is 6.08 Å². The van der Waals surface area contributed by atoms with Crippen molar-refractivity contribution in [2.24, 2.45) is 0 Å². The standard InChI is InChI=1S/C12H15N/c1-3-11-5-4-6-12(9-11)10(2)13-7-8-13/h3-6,9-10H,1,7-8H2,2H3. The van der Waals surface area contributed by atoms with Crippen molar-refractivity contribution >= 4 is 6.08 Å². The molecule has 0 spiro atoms. The van der Waals surface area contributed by atoms with Crippen LogP contribution in [0.4, 0.5) is 0 Å². The van der Waals surface area contributed by atoms with Crippen molar-refractivity contribution in [1.82, 2.24) is 4.90 Å². The first-order valence-corrected chi connectivity index (χ1v) is 4.77. The maximum Gasteiger partial charge on any atom is 0.0321 e. The predicted octanol–water partition coefficient (Wildman–Crippen LogP) is 2.71. The molecule has 1 heterocycles. The van der Waals surface area contributed by atoms with Gasteiger partial charge in [-0.25, -0.2) is 0 Å². The summed E-state index contributed by atoms with van der Waals surface area (Å²) in [5.41, 5.74) is 2.61. The minimum absolute atomic E-state index is 0.569. The Morgan fingerprint density at radius 1 is 1.46 bits per heavy atom. The van der Waals surface area contributed by atoms with Gasteiger partial charge in [-0.1, -0.05) is 36.9 Å². The first-order chi connectivity index (χ1) is 6.31. The van der Waals surface area contributed by atoms with Gasteiger partial charge in [0.15, 0.2) is 0 Å². The van der Waals surface area contributed by atoms with Crippen molar-refractivity contribution in [2.45, 2.75) is 13.0 Å². The predicted molar refractivity (Wildman–Crippen MR) is 56.5 cm³/mol. The molecule has 0 N–H and O–H groups in total. The summed E-state index contributed by atoms with van der Waals surface area (Å²) < 4.78 is 0. The third-order valence-corrected chi connectivity index (χ3v) is 2.66. The highest BCUT2D eigenvalue weighted by molar-refractivity contribution is 5.48. The van der Waals surface area contributed by atoms with Gasteiger partial charge in [0, 0.05) is 19.1 Å². The molecule has 0 saturated carbocycles. The zero-order valence-corrected chi connectivity index (χ0v) is 8.03. The Kier molecular flexibility index (Phi) is 2.19. The lowest BCUT2D eigenvalue weighted by Gasteiger charge is -2.12. The molecule has 13 heavy (non-hydrogen) atoms. The zero-order valence-electron chi connectivity index (χ0n) is 8.03. The van der Waals surface area contributed by atoms with E-state index in [0.29, 0.717) is 6.04 Å². The topological polar surface area (TPSA) is 3.01 Å². The number of nitrogens with zero attached hydrogens (tertiary/aromatic N) is 1. The Labute approximate surface area is 79.7 Å². The van der Waals surface area contributed by atoms with Crippen LogP contribution >= 0.6 is 0 Å². The molecule has 1 aromatic rings. The summed E-state index contributed by atoms with van der Waals surface area (Å²) in [6.07, 6.45) is 1.90. The van der Waals surface area contributed by atoms with E-state index in [2.05, 4.69) is 42.7 Å². The summed E-state index contributed by atoms with van der Waals surface area (Å²) in [6, 6.07) is 9.17. The molecule has 0 aromatic heterocycles. The first kappa shape index (κ1) is 8.52. The molecular formula is C12H15N. The van der Waals surface area contributed by atoms with Crippen molar-refractivity contribution in [3.05, 3.63) is 42.0 Å². The summed E-state index contributed by atoms with van der Waals surface area (Å²) in [5.74, 6) is 0. The molecule has 1 nitrogen and oxygen atoms in total. The lowest BCUT2D eigenvalue weighted by molar-refractivity contribution is 0.444. The average Bonchev–Trinajstić information content (AvgIpc) is 3.00. The third kappa shape index (κ3) is 1.81. The molecular weight excluding hydrogens is 158 g/mol. The van der Waals surface area contributed by atoms with E-state index in [4.69, 9.17) is 0 Å². The van der Waals surface area contributed by atoms with Crippen LogP contribution in [0.1, 0.15) is 24.1 Å². The van der Waals surface area contributed by atoms with E-state index < -0.39 is 0 Å². The smallest absolute Gasteiger partial charge is 0.0321 e. The van der Waals surface area contributed by atoms with Gasteiger partial charge in [0.05, 0.1) is 0 Å². The molecule has 1 saturated heterocycles. The first-order valence-electron chi connectivity index (χ1n) is 4.77. The summed E-state index contributed by atoms with van der Waals surface area (Å²) in [6.45, 7) is 8.54. The van der Waals surface area contributed by atoms with Gasteiger partial charge in [0.1, 0.15) is 0 Å². The molecule has 68 valence electrons. The Bertz CT molecular complexity index is 313. The molecule has 1 heteroatoms. The molecule has 1 unspecified atom stereocenters. The Balaban J connectivity index is 2.22. The summed E-state index contributed by atoms with van der Waals surface area (Å²) in [7, 11) is 0. The molecule has 0 aliphatic carbocycles. The molecule has 1 fully saturated rings. The number of hydrogen-bond donors (Lipinski definition) is 0. The highest BCUT2D eigenvalue weighted by Gasteiger charge is 2.24. The van der Waals surface area contributed by atoms with E-state index in [-0.39, 0.29) is 0 Å². The molecule has 1 aliphatic heterocycles. The minimum Gasteiger partial charge on any atom is -0.294 e. The van der Waals surface area contributed by atoms with Crippen LogP contribution in [0.2, 0.25) is 0 Å². The summed E-state index contributed by atoms with van der Waals surface area (Å²) in [5, 5.41) is 0. The van der Waals surface area contributed by atoms with Crippen molar-refractivity contribution < 1.29 is 0 Å². The maximum absolute atomic E-state index is 3.78. The fourth-order valence-electron chi connectivity index (χ4n) is 1.60. The van der Waals surface area contributed by atoms with Crippen molar-refractivity contribution in [3.8, 4) is 0 Å². The quantitative estimate of drug-likeness (QED) is 0.635. The SMILES string of the molecule is C=Cc1cccc(C(C)N2CC2)c1. The molecule has 2 rings (SSSR count). The van der Waals surface area contributed by atoms with Gasteiger partial charge in [0.25, 0.3) is 0 Å². The van der Waals surface area contributed by atoms with Gasteiger partial charge in [-0.3, -0.25) is 4.90 Å². The monoisotopic (exact) mass is 173 g/mol. The fraction of sp³-hybridized carbons (Fsp3) is 0.333. The van der Waals surface area contributed by atoms with Crippen LogP contribution in [0.15, 0.2) is 30.8 Å². The lowest BCUT2D eigenvalue weighted by Crippen LogP contribution is -2.04. The second kappa shape index (κ2) is 3.35. The van der Waals surface area contributed by atoms with E-state index in [9.17, 15) is 0 Å². The molecule has 1 aliphatic rings. The Hall–Kier alpha value is -1.08. The second-order valence-corrected chi connectivity index (χ2v) is 3.59. The van der Waals surface area contributed by atoms with Gasteiger partial charge in [-0.15, -0.1) is 0 Å². The van der Waals surface area contributed by atoms with E-state index in [1.807, 2.05) is 6.08 Å². The minimum atomic E-state index is 0.569. The van der Waals surface area contributed by atoms with Crippen LogP contribution in [0, 0.1) is 0 Å². The molecule has 0 amide bonds. The van der Waals surface area contributed by atoms with Crippen LogP contribution in [-0.2, 0) is 0 Å². The van der Waals surface area contributed by atoms with Crippen molar-refractivity contribution in [3.63, 3.8) is 0 Å². The largest absolute Gasteiger partial charge is 0.294 e. The van der Waals surface area contributed by atoms with E-state index in [0.717, 1.165) is 0 Å². The second-order valence-electron chi connectivity index (χ2n) is 3.59. The Morgan fingerprint density at radius 2 is 2.23 bits per heavy atom. The highest BCUT2D eigenvalue weighted by Crippen LogP contribution is 2.26. The van der Waals surface area contributed by atoms with Gasteiger partial charge in [0.2, 0.25) is 0 Å². The lowest BCUT2D eigenvalue weighted by atomic mass is 10.1. The van der Waals surface area contributed by atoms with Gasteiger partial charge in [-0.2, -0.15) is 0 Å². The molecule has 1 aromatic carbocycles. The number of hydrogen-bond acceptors (Lipinski definition) is 1. The van der Waals surface area contributed by atoms with Gasteiger partial charge >= 0.3 is 0 Å². The third-order valence-electron chi connectivity index (χ3n) is 2.66. The van der Waals surface area contributed by atoms with Crippen LogP contribution in [-0.4, -0.2) is 18.0 Å². The van der Waals surface area contributed by atoms with Crippen LogP contribution < -0.4 is 0 Å². The average molecular weight is 173 g/mol. The molecule has 1 atom stereocenters. The van der Waals surface area contributed by atoms with Gasteiger partial charge in [-0.05, 0) is 18.1 Å². The zero-order chi connectivity index (χ0) is 9.26. The van der Waals surface area contributed by atoms with Crippen molar-refractivity contribution in [2.75, 3.05) is 13.1 Å². The number of rotatable bonds is 3. The van der Waals surface area contributed by atoms with E-state index >= 15 is 0 Å². The highest BCUT2D eigenvalue weighted by atomic mass is 15.3. The van der Waals surface area contributed by atoms with Crippen molar-refractivity contribution in [1.29, 1.82) is 0 Å². The van der Waals surface area contributed by atoms with Crippen LogP contribution in [0.3, 0.4) is 0 Å². The summed E-state index contributed by atoms with van der Waals surface area (Å²) in [4.78, 5) is 2.45. The van der Waals surface area contributed by atoms with E-state index in [1.165, 1.54) is 24.2 Å². The molecule has 0 radical (unpaired) electrons.